The second kappa shape index (κ2) is 7.57. The van der Waals surface area contributed by atoms with Crippen molar-refractivity contribution < 1.29 is 4.74 Å². The highest BCUT2D eigenvalue weighted by Crippen LogP contribution is 2.44. The van der Waals surface area contributed by atoms with Gasteiger partial charge >= 0.3 is 0 Å². The Morgan fingerprint density at radius 3 is 2.62 bits per heavy atom. The molecule has 5 heteroatoms. The summed E-state index contributed by atoms with van der Waals surface area (Å²) in [6.45, 7) is 6.55. The van der Waals surface area contributed by atoms with Gasteiger partial charge < -0.3 is 15.8 Å². The molecule has 0 saturated heterocycles. The van der Waals surface area contributed by atoms with Crippen molar-refractivity contribution in [3.8, 4) is 11.9 Å². The minimum atomic E-state index is -0.184. The Balaban J connectivity index is 2.60. The number of anilines is 2. The zero-order valence-electron chi connectivity index (χ0n) is 15.2. The fourth-order valence-corrected chi connectivity index (χ4v) is 3.30. The maximum absolute atomic E-state index is 9.63. The van der Waals surface area contributed by atoms with Crippen molar-refractivity contribution in [2.45, 2.75) is 64.8 Å². The Morgan fingerprint density at radius 2 is 2.04 bits per heavy atom. The van der Waals surface area contributed by atoms with Crippen molar-refractivity contribution >= 4 is 17.1 Å². The lowest BCUT2D eigenvalue weighted by Gasteiger charge is -2.36. The number of nitrogen functional groups attached to an aromatic ring is 1. The fourth-order valence-electron chi connectivity index (χ4n) is 3.30. The number of ether oxygens (including phenoxy) is 1. The molecule has 1 aliphatic heterocycles. The van der Waals surface area contributed by atoms with Crippen LogP contribution in [0, 0.1) is 11.3 Å². The molecular weight excluding hydrogens is 300 g/mol. The number of rotatable bonds is 7. The third kappa shape index (κ3) is 3.48. The number of pyridine rings is 1. The standard InChI is InChI=1S/C19H28N4O/c1-5-7-9-13-11-19(3,10-8-6-2)23-16-14(12-20)18(24-4)22-17(21)15(13)16/h11,23H,5-10H2,1-4H3,(H2,21,22). The van der Waals surface area contributed by atoms with Crippen LogP contribution in [-0.4, -0.2) is 17.6 Å². The first kappa shape index (κ1) is 18.1. The number of nitrogens with two attached hydrogens (primary N) is 1. The minimum absolute atomic E-state index is 0.184. The molecule has 130 valence electrons. The monoisotopic (exact) mass is 328 g/mol. The minimum Gasteiger partial charge on any atom is -0.480 e. The van der Waals surface area contributed by atoms with Crippen molar-refractivity contribution in [3.05, 3.63) is 17.2 Å². The fraction of sp³-hybridized carbons (Fsp3) is 0.579. The van der Waals surface area contributed by atoms with Crippen molar-refractivity contribution in [1.29, 1.82) is 5.26 Å². The van der Waals surface area contributed by atoms with Crippen LogP contribution < -0.4 is 15.8 Å². The molecule has 24 heavy (non-hydrogen) atoms. The van der Waals surface area contributed by atoms with Gasteiger partial charge in [0.1, 0.15) is 17.5 Å². The number of nitrogens with one attached hydrogen (secondary N) is 1. The van der Waals surface area contributed by atoms with E-state index in [0.717, 1.165) is 49.8 Å². The molecule has 2 heterocycles. The number of unbranched alkanes of at least 4 members (excludes halogenated alkanes) is 2. The highest BCUT2D eigenvalue weighted by molar-refractivity contribution is 5.90. The number of hydrogen-bond donors (Lipinski definition) is 2. The lowest BCUT2D eigenvalue weighted by Crippen LogP contribution is -2.36. The van der Waals surface area contributed by atoms with Crippen molar-refractivity contribution in [3.63, 3.8) is 0 Å². The van der Waals surface area contributed by atoms with Crippen LogP contribution in [0.3, 0.4) is 0 Å². The van der Waals surface area contributed by atoms with Crippen LogP contribution in [0.25, 0.3) is 5.57 Å². The molecule has 0 saturated carbocycles. The molecule has 1 atom stereocenters. The molecule has 0 aliphatic carbocycles. The summed E-state index contributed by atoms with van der Waals surface area (Å²) < 4.78 is 5.28. The summed E-state index contributed by atoms with van der Waals surface area (Å²) in [5.41, 5.74) is 9.29. The van der Waals surface area contributed by atoms with Crippen LogP contribution in [0.2, 0.25) is 0 Å². The Labute approximate surface area is 144 Å². The van der Waals surface area contributed by atoms with Crippen LogP contribution in [0.15, 0.2) is 6.08 Å². The summed E-state index contributed by atoms with van der Waals surface area (Å²) in [5, 5.41) is 13.2. The molecule has 1 aromatic rings. The van der Waals surface area contributed by atoms with E-state index in [1.54, 1.807) is 0 Å². The molecule has 0 spiro atoms. The summed E-state index contributed by atoms with van der Waals surface area (Å²) in [7, 11) is 1.52. The molecule has 0 amide bonds. The first-order valence-corrected chi connectivity index (χ1v) is 8.77. The predicted molar refractivity (Wildman–Crippen MR) is 99.0 cm³/mol. The SMILES string of the molecule is CCCCC1=CC(C)(CCCC)Nc2c(C#N)c(OC)nc(N)c21. The Bertz CT molecular complexity index is 675. The molecule has 1 aromatic heterocycles. The van der Waals surface area contributed by atoms with E-state index in [4.69, 9.17) is 10.5 Å². The van der Waals surface area contributed by atoms with E-state index in [2.05, 4.69) is 43.2 Å². The van der Waals surface area contributed by atoms with E-state index in [1.807, 2.05) is 0 Å². The molecular formula is C19H28N4O. The topological polar surface area (TPSA) is 84.0 Å². The zero-order valence-corrected chi connectivity index (χ0v) is 15.2. The number of methoxy groups -OCH3 is 1. The van der Waals surface area contributed by atoms with E-state index < -0.39 is 0 Å². The lowest BCUT2D eigenvalue weighted by molar-refractivity contribution is 0.397. The normalized spacial score (nSPS) is 19.0. The number of aromatic nitrogens is 1. The van der Waals surface area contributed by atoms with Gasteiger partial charge in [0.25, 0.3) is 0 Å². The van der Waals surface area contributed by atoms with Crippen LogP contribution in [0.4, 0.5) is 11.5 Å². The number of allylic oxidation sites excluding steroid dienone is 1. The largest absolute Gasteiger partial charge is 0.480 e. The van der Waals surface area contributed by atoms with Crippen LogP contribution >= 0.6 is 0 Å². The van der Waals surface area contributed by atoms with Crippen molar-refractivity contribution in [2.24, 2.45) is 0 Å². The second-order valence-corrected chi connectivity index (χ2v) is 6.66. The lowest BCUT2D eigenvalue weighted by atomic mass is 9.83. The third-order valence-electron chi connectivity index (χ3n) is 4.57. The van der Waals surface area contributed by atoms with E-state index in [-0.39, 0.29) is 11.4 Å². The number of hydrogen-bond acceptors (Lipinski definition) is 5. The molecule has 0 fully saturated rings. The third-order valence-corrected chi connectivity index (χ3v) is 4.57. The summed E-state index contributed by atoms with van der Waals surface area (Å²) in [6.07, 6.45) is 8.68. The molecule has 0 bridgehead atoms. The van der Waals surface area contributed by atoms with Crippen LogP contribution in [0.1, 0.15) is 70.4 Å². The first-order valence-electron chi connectivity index (χ1n) is 8.77. The molecule has 2 rings (SSSR count). The zero-order chi connectivity index (χ0) is 17.7. The van der Waals surface area contributed by atoms with Gasteiger partial charge in [-0.2, -0.15) is 10.2 Å². The molecule has 5 nitrogen and oxygen atoms in total. The Hall–Kier alpha value is -2.22. The van der Waals surface area contributed by atoms with Gasteiger partial charge in [-0.25, -0.2) is 0 Å². The van der Waals surface area contributed by atoms with E-state index in [1.165, 1.54) is 12.7 Å². The maximum Gasteiger partial charge on any atom is 0.235 e. The van der Waals surface area contributed by atoms with Crippen LogP contribution in [-0.2, 0) is 0 Å². The maximum atomic E-state index is 9.63. The number of nitrogens with zero attached hydrogens (tertiary/aromatic N) is 2. The van der Waals surface area contributed by atoms with Crippen LogP contribution in [0.5, 0.6) is 5.88 Å². The van der Waals surface area contributed by atoms with Gasteiger partial charge in [-0.3, -0.25) is 0 Å². The average Bonchev–Trinajstić information content (AvgIpc) is 2.57. The molecule has 0 radical (unpaired) electrons. The van der Waals surface area contributed by atoms with Gasteiger partial charge in [0.15, 0.2) is 0 Å². The van der Waals surface area contributed by atoms with Gasteiger partial charge in [-0.15, -0.1) is 0 Å². The van der Waals surface area contributed by atoms with Gasteiger partial charge in [0.2, 0.25) is 5.88 Å². The van der Waals surface area contributed by atoms with Gasteiger partial charge in [0, 0.05) is 5.56 Å². The first-order chi connectivity index (χ1) is 11.5. The number of fused-ring (bicyclic) bond motifs is 1. The smallest absolute Gasteiger partial charge is 0.235 e. The summed E-state index contributed by atoms with van der Waals surface area (Å²) in [6, 6.07) is 2.24. The summed E-state index contributed by atoms with van der Waals surface area (Å²) in [5.74, 6) is 0.712. The van der Waals surface area contributed by atoms with E-state index >= 15 is 0 Å². The average molecular weight is 328 g/mol. The predicted octanol–water partition coefficient (Wildman–Crippen LogP) is 4.49. The van der Waals surface area contributed by atoms with Gasteiger partial charge in [-0.05, 0) is 31.8 Å². The molecule has 1 aliphatic rings. The van der Waals surface area contributed by atoms with E-state index in [0.29, 0.717) is 11.4 Å². The van der Waals surface area contributed by atoms with Crippen molar-refractivity contribution in [2.75, 3.05) is 18.2 Å². The summed E-state index contributed by atoms with van der Waals surface area (Å²) in [4.78, 5) is 4.30. The van der Waals surface area contributed by atoms with E-state index in [9.17, 15) is 5.26 Å². The second-order valence-electron chi connectivity index (χ2n) is 6.66. The quantitative estimate of drug-likeness (QED) is 0.770. The Morgan fingerprint density at radius 1 is 1.33 bits per heavy atom. The number of nitriles is 1. The summed E-state index contributed by atoms with van der Waals surface area (Å²) >= 11 is 0. The molecule has 3 N–H and O–H groups in total. The van der Waals surface area contributed by atoms with Gasteiger partial charge in [0.05, 0.1) is 18.3 Å². The van der Waals surface area contributed by atoms with Crippen molar-refractivity contribution in [1.82, 2.24) is 4.98 Å². The van der Waals surface area contributed by atoms with Gasteiger partial charge in [-0.1, -0.05) is 39.2 Å². The highest BCUT2D eigenvalue weighted by atomic mass is 16.5. The Kier molecular flexibility index (Phi) is 5.71. The highest BCUT2D eigenvalue weighted by Gasteiger charge is 2.33. The molecule has 0 aromatic carbocycles. The molecule has 1 unspecified atom stereocenters.